The van der Waals surface area contributed by atoms with Gasteiger partial charge in [-0.2, -0.15) is 9.13 Å². The molecule has 0 aliphatic rings. The normalized spacial score (nSPS) is 11.2. The maximum atomic E-state index is 2.38. The maximum Gasteiger partial charge on any atom is 0.255 e. The Kier molecular flexibility index (Phi) is 5.90. The van der Waals surface area contributed by atoms with Gasteiger partial charge in [-0.1, -0.05) is 76.2 Å². The lowest BCUT2D eigenvalue weighted by molar-refractivity contribution is -0.569. The number of aromatic nitrogens is 2. The van der Waals surface area contributed by atoms with Gasteiger partial charge in [-0.15, -0.1) is 0 Å². The van der Waals surface area contributed by atoms with Crippen molar-refractivity contribution in [1.29, 1.82) is 0 Å². The molecule has 0 radical (unpaired) electrons. The van der Waals surface area contributed by atoms with Gasteiger partial charge in [0, 0.05) is 11.1 Å². The molecular formula is C25H27ClN2. The van der Waals surface area contributed by atoms with Crippen LogP contribution in [0.1, 0.15) is 50.7 Å². The first-order valence-corrected chi connectivity index (χ1v) is 9.78. The van der Waals surface area contributed by atoms with Crippen LogP contribution in [0.4, 0.5) is 0 Å². The van der Waals surface area contributed by atoms with Crippen molar-refractivity contribution < 1.29 is 17.0 Å². The van der Waals surface area contributed by atoms with E-state index in [0.717, 1.165) is 0 Å². The third-order valence-corrected chi connectivity index (χ3v) is 5.25. The van der Waals surface area contributed by atoms with Crippen LogP contribution >= 0.6 is 0 Å². The van der Waals surface area contributed by atoms with E-state index in [4.69, 9.17) is 0 Å². The number of hydrogen-bond acceptors (Lipinski definition) is 0. The highest BCUT2D eigenvalue weighted by molar-refractivity contribution is 5.75. The highest BCUT2D eigenvalue weighted by Crippen LogP contribution is 2.29. The predicted octanol–water partition coefficient (Wildman–Crippen LogP) is 3.16. The summed E-state index contributed by atoms with van der Waals surface area (Å²) in [5.41, 5.74) is 7.74. The molecule has 0 bridgehead atoms. The van der Waals surface area contributed by atoms with Crippen molar-refractivity contribution in [2.45, 2.75) is 39.5 Å². The number of para-hydroxylation sites is 4. The van der Waals surface area contributed by atoms with Crippen LogP contribution in [-0.2, 0) is 0 Å². The second-order valence-corrected chi connectivity index (χ2v) is 7.77. The number of fused-ring (bicyclic) bond motifs is 1. The molecular weight excluding hydrogens is 364 g/mol. The molecule has 1 aromatic heterocycles. The fourth-order valence-electron chi connectivity index (χ4n) is 3.87. The van der Waals surface area contributed by atoms with E-state index in [1.807, 2.05) is 0 Å². The van der Waals surface area contributed by atoms with Gasteiger partial charge in [-0.3, -0.25) is 0 Å². The molecule has 0 N–H and O–H groups in total. The van der Waals surface area contributed by atoms with Crippen LogP contribution in [0.5, 0.6) is 0 Å². The lowest BCUT2D eigenvalue weighted by Gasteiger charge is -2.16. The first-order chi connectivity index (χ1) is 13.1. The summed E-state index contributed by atoms with van der Waals surface area (Å²) in [6, 6.07) is 26.0. The summed E-state index contributed by atoms with van der Waals surface area (Å²) in [5, 5.41) is 0. The molecule has 0 saturated heterocycles. The zero-order valence-corrected chi connectivity index (χ0v) is 17.7. The Hall–Kier alpha value is -2.58. The largest absolute Gasteiger partial charge is 1.00 e. The number of rotatable bonds is 4. The highest BCUT2D eigenvalue weighted by atomic mass is 35.5. The van der Waals surface area contributed by atoms with Gasteiger partial charge in [0.05, 0.1) is 0 Å². The fraction of sp³-hybridized carbons (Fsp3) is 0.240. The minimum Gasteiger partial charge on any atom is -1.00 e. The van der Waals surface area contributed by atoms with Crippen molar-refractivity contribution in [3.05, 3.63) is 90.3 Å². The summed E-state index contributed by atoms with van der Waals surface area (Å²) >= 11 is 0. The Balaban J connectivity index is 0.00000225. The molecule has 4 rings (SSSR count). The zero-order valence-electron chi connectivity index (χ0n) is 16.9. The standard InChI is InChI=1S/C25H27N2.ClH/c1-18(2)21-13-10-14-22(19(3)4)25(21)27-17-26(20-11-6-5-7-12-20)23-15-8-9-16-24(23)27;/h5-19H,1-4H3;1H/q+1;/p-1. The molecule has 144 valence electrons. The van der Waals surface area contributed by atoms with Crippen molar-refractivity contribution in [2.75, 3.05) is 0 Å². The number of hydrogen-bond donors (Lipinski definition) is 0. The fourth-order valence-corrected chi connectivity index (χ4v) is 3.87. The topological polar surface area (TPSA) is 8.81 Å². The Morgan fingerprint density at radius 1 is 0.679 bits per heavy atom. The summed E-state index contributed by atoms with van der Waals surface area (Å²) in [4.78, 5) is 0. The summed E-state index contributed by atoms with van der Waals surface area (Å²) in [6.07, 6.45) is 2.24. The van der Waals surface area contributed by atoms with Gasteiger partial charge < -0.3 is 12.4 Å². The number of nitrogens with zero attached hydrogens (tertiary/aromatic N) is 2. The van der Waals surface area contributed by atoms with Crippen LogP contribution in [0.15, 0.2) is 79.1 Å². The van der Waals surface area contributed by atoms with Crippen molar-refractivity contribution in [3.63, 3.8) is 0 Å². The Bertz CT molecular complexity index is 1050. The molecule has 0 unspecified atom stereocenters. The van der Waals surface area contributed by atoms with E-state index in [-0.39, 0.29) is 12.4 Å². The van der Waals surface area contributed by atoms with Crippen molar-refractivity contribution in [1.82, 2.24) is 4.57 Å². The quantitative estimate of drug-likeness (QED) is 0.473. The van der Waals surface area contributed by atoms with Crippen LogP contribution in [-0.4, -0.2) is 4.57 Å². The van der Waals surface area contributed by atoms with Crippen molar-refractivity contribution >= 4 is 11.0 Å². The van der Waals surface area contributed by atoms with E-state index in [2.05, 4.69) is 116 Å². The summed E-state index contributed by atoms with van der Waals surface area (Å²) in [6.45, 7) is 9.11. The van der Waals surface area contributed by atoms with E-state index in [1.54, 1.807) is 0 Å². The van der Waals surface area contributed by atoms with Crippen LogP contribution < -0.4 is 17.0 Å². The first kappa shape index (κ1) is 20.2. The maximum absolute atomic E-state index is 2.38. The summed E-state index contributed by atoms with van der Waals surface area (Å²) < 4.78 is 4.67. The van der Waals surface area contributed by atoms with Crippen molar-refractivity contribution in [2.24, 2.45) is 0 Å². The Morgan fingerprint density at radius 2 is 1.25 bits per heavy atom. The van der Waals surface area contributed by atoms with Gasteiger partial charge in [0.2, 0.25) is 0 Å². The van der Waals surface area contributed by atoms with E-state index >= 15 is 0 Å². The SMILES string of the molecule is CC(C)c1cccc(C(C)C)c1-[n+]1cn(-c2ccccc2)c2ccccc21.[Cl-]. The zero-order chi connectivity index (χ0) is 19.0. The number of halogens is 1. The molecule has 0 atom stereocenters. The molecule has 0 aliphatic carbocycles. The van der Waals surface area contributed by atoms with Gasteiger partial charge in [0.15, 0.2) is 11.0 Å². The van der Waals surface area contributed by atoms with Gasteiger partial charge >= 0.3 is 0 Å². The third-order valence-electron chi connectivity index (χ3n) is 5.25. The number of benzene rings is 3. The van der Waals surface area contributed by atoms with Gasteiger partial charge in [-0.05, 0) is 36.1 Å². The van der Waals surface area contributed by atoms with Crippen LogP contribution in [0.25, 0.3) is 22.4 Å². The van der Waals surface area contributed by atoms with E-state index in [0.29, 0.717) is 11.8 Å². The Morgan fingerprint density at radius 3 is 1.86 bits per heavy atom. The summed E-state index contributed by atoms with van der Waals surface area (Å²) in [7, 11) is 0. The molecule has 0 saturated carbocycles. The molecule has 0 amide bonds. The lowest BCUT2D eigenvalue weighted by atomic mass is 9.92. The third kappa shape index (κ3) is 3.45. The minimum atomic E-state index is 0. The molecule has 2 nitrogen and oxygen atoms in total. The highest BCUT2D eigenvalue weighted by Gasteiger charge is 2.24. The van der Waals surface area contributed by atoms with Crippen LogP contribution in [0.2, 0.25) is 0 Å². The predicted molar refractivity (Wildman–Crippen MR) is 113 cm³/mol. The molecule has 4 aromatic rings. The average Bonchev–Trinajstić information content (AvgIpc) is 3.07. The Labute approximate surface area is 173 Å². The molecule has 0 fully saturated rings. The van der Waals surface area contributed by atoms with Gasteiger partial charge in [-0.25, -0.2) is 0 Å². The second kappa shape index (κ2) is 8.20. The monoisotopic (exact) mass is 390 g/mol. The smallest absolute Gasteiger partial charge is 0.255 e. The average molecular weight is 391 g/mol. The molecule has 1 heterocycles. The van der Waals surface area contributed by atoms with E-state index < -0.39 is 0 Å². The molecule has 0 aliphatic heterocycles. The molecule has 3 heteroatoms. The van der Waals surface area contributed by atoms with Crippen LogP contribution in [0.3, 0.4) is 0 Å². The van der Waals surface area contributed by atoms with Gasteiger partial charge in [0.25, 0.3) is 6.33 Å². The van der Waals surface area contributed by atoms with E-state index in [1.165, 1.54) is 33.5 Å². The first-order valence-electron chi connectivity index (χ1n) is 9.78. The second-order valence-electron chi connectivity index (χ2n) is 7.77. The van der Waals surface area contributed by atoms with Gasteiger partial charge in [0.1, 0.15) is 11.4 Å². The lowest BCUT2D eigenvalue weighted by Crippen LogP contribution is -3.00. The van der Waals surface area contributed by atoms with Crippen molar-refractivity contribution in [3.8, 4) is 11.4 Å². The number of imidazole rings is 1. The summed E-state index contributed by atoms with van der Waals surface area (Å²) in [5.74, 6) is 0.926. The molecule has 3 aromatic carbocycles. The van der Waals surface area contributed by atoms with E-state index in [9.17, 15) is 0 Å². The molecule has 28 heavy (non-hydrogen) atoms. The van der Waals surface area contributed by atoms with Crippen LogP contribution in [0, 0.1) is 0 Å². The molecule has 0 spiro atoms. The minimum absolute atomic E-state index is 0.